The minimum Gasteiger partial charge on any atom is -0.488 e. The first-order chi connectivity index (χ1) is 31.0. The fourth-order valence-corrected chi connectivity index (χ4v) is 6.10. The Morgan fingerprint density at radius 1 is 0.554 bits per heavy atom. The monoisotopic (exact) mass is 928 g/mol. The van der Waals surface area contributed by atoms with Gasteiger partial charge in [0.1, 0.15) is 56.5 Å². The molecule has 0 atom stereocenters. The smallest absolute Gasteiger partial charge is 0.345 e. The number of hydrogen-bond acceptors (Lipinski definition) is 23. The zero-order valence-corrected chi connectivity index (χ0v) is 36.6. The van der Waals surface area contributed by atoms with Gasteiger partial charge in [0.15, 0.2) is 0 Å². The highest BCUT2D eigenvalue weighted by molar-refractivity contribution is 7.13. The van der Waals surface area contributed by atoms with Crippen LogP contribution in [0.3, 0.4) is 0 Å². The summed E-state index contributed by atoms with van der Waals surface area (Å²) in [7, 11) is 0. The Morgan fingerprint density at radius 2 is 1.00 bits per heavy atom. The molecule has 4 aromatic rings. The van der Waals surface area contributed by atoms with E-state index in [1.165, 1.54) is 28.4 Å². The number of hydrogen-bond donors (Lipinski definition) is 0. The molecular formula is C42H44N2O20S. The largest absolute Gasteiger partial charge is 0.488 e. The van der Waals surface area contributed by atoms with Crippen molar-refractivity contribution in [3.63, 3.8) is 0 Å². The Balaban J connectivity index is 1.67. The van der Waals surface area contributed by atoms with Crippen molar-refractivity contribution >= 4 is 81.4 Å². The van der Waals surface area contributed by atoms with Gasteiger partial charge in [0.25, 0.3) is 0 Å². The van der Waals surface area contributed by atoms with Crippen molar-refractivity contribution in [3.05, 3.63) is 69.9 Å². The maximum Gasteiger partial charge on any atom is 0.345 e. The van der Waals surface area contributed by atoms with Gasteiger partial charge in [-0.1, -0.05) is 12.1 Å². The van der Waals surface area contributed by atoms with Gasteiger partial charge in [0.2, 0.25) is 27.2 Å². The second-order valence-electron chi connectivity index (χ2n) is 13.2. The van der Waals surface area contributed by atoms with Crippen molar-refractivity contribution < 1.29 is 90.1 Å². The van der Waals surface area contributed by atoms with E-state index < -0.39 is 107 Å². The lowest BCUT2D eigenvalue weighted by Crippen LogP contribution is -2.37. The maximum absolute atomic E-state index is 13.2. The molecule has 0 N–H and O–H groups in total. The van der Waals surface area contributed by atoms with Crippen molar-refractivity contribution in [1.82, 2.24) is 0 Å². The Morgan fingerprint density at radius 3 is 1.43 bits per heavy atom. The van der Waals surface area contributed by atoms with E-state index >= 15 is 0 Å². The third-order valence-electron chi connectivity index (χ3n) is 8.20. The van der Waals surface area contributed by atoms with Gasteiger partial charge in [0.05, 0.1) is 16.9 Å². The van der Waals surface area contributed by atoms with Gasteiger partial charge in [-0.2, -0.15) is 0 Å². The molecule has 0 aliphatic rings. The Hall–Kier alpha value is -7.69. The van der Waals surface area contributed by atoms with Gasteiger partial charge in [-0.3, -0.25) is 38.4 Å². The first kappa shape index (κ1) is 50.0. The molecule has 2 aromatic carbocycles. The van der Waals surface area contributed by atoms with Crippen LogP contribution in [0.15, 0.2) is 63.1 Å². The highest BCUT2D eigenvalue weighted by atomic mass is 32.1. The van der Waals surface area contributed by atoms with Gasteiger partial charge in [-0.15, -0.1) is 11.3 Å². The molecule has 0 fully saturated rings. The van der Waals surface area contributed by atoms with E-state index in [0.29, 0.717) is 15.8 Å². The van der Waals surface area contributed by atoms with Crippen molar-refractivity contribution in [1.29, 1.82) is 0 Å². The molecule has 4 rings (SSSR count). The number of thiophene rings is 1. The fourth-order valence-electron chi connectivity index (χ4n) is 5.37. The molecule has 0 amide bonds. The van der Waals surface area contributed by atoms with Crippen molar-refractivity contribution in [2.45, 2.75) is 34.6 Å². The third kappa shape index (κ3) is 16.8. The van der Waals surface area contributed by atoms with Gasteiger partial charge >= 0.3 is 53.4 Å². The lowest BCUT2D eigenvalue weighted by atomic mass is 10.1. The van der Waals surface area contributed by atoms with Crippen molar-refractivity contribution in [3.8, 4) is 21.9 Å². The number of rotatable bonds is 24. The first-order valence-electron chi connectivity index (χ1n) is 19.2. The van der Waals surface area contributed by atoms with Crippen LogP contribution in [-0.2, 0) is 76.3 Å². The first-order valence-corrected chi connectivity index (χ1v) is 20.0. The van der Waals surface area contributed by atoms with E-state index in [1.807, 2.05) is 0 Å². The minimum absolute atomic E-state index is 0.0142. The Bertz CT molecular complexity index is 2340. The molecule has 65 heavy (non-hydrogen) atoms. The molecule has 0 aliphatic carbocycles. The quantitative estimate of drug-likeness (QED) is 0.0321. The van der Waals surface area contributed by atoms with E-state index in [9.17, 15) is 43.2 Å². The summed E-state index contributed by atoms with van der Waals surface area (Å²) in [4.78, 5) is 113. The number of benzene rings is 2. The van der Waals surface area contributed by atoms with E-state index in [1.54, 1.807) is 48.7 Å². The van der Waals surface area contributed by atoms with E-state index in [0.717, 1.165) is 32.6 Å². The summed E-state index contributed by atoms with van der Waals surface area (Å²) in [6.45, 7) is 0.441. The van der Waals surface area contributed by atoms with E-state index in [4.69, 9.17) is 42.3 Å². The number of nitrogens with zero attached hydrogens (tertiary/aromatic N) is 2. The zero-order valence-electron chi connectivity index (χ0n) is 35.7. The minimum atomic E-state index is -0.968. The molecule has 0 bridgehead atoms. The average Bonchev–Trinajstić information content (AvgIpc) is 3.76. The highest BCUT2D eigenvalue weighted by Crippen LogP contribution is 2.36. The Kier molecular flexibility index (Phi) is 19.1. The van der Waals surface area contributed by atoms with Crippen LogP contribution in [0.1, 0.15) is 33.3 Å². The summed E-state index contributed by atoms with van der Waals surface area (Å²) in [6.07, 6.45) is 0. The number of anilines is 2. The number of ether oxygens (including phenoxy) is 10. The summed E-state index contributed by atoms with van der Waals surface area (Å²) in [5.41, 5.74) is 0.521. The molecule has 23 heteroatoms. The van der Waals surface area contributed by atoms with Crippen LogP contribution >= 0.6 is 11.3 Å². The highest BCUT2D eigenvalue weighted by Gasteiger charge is 2.25. The van der Waals surface area contributed by atoms with Crippen LogP contribution in [0.5, 0.6) is 11.5 Å². The number of aryl methyl sites for hydroxylation is 1. The third-order valence-corrected chi connectivity index (χ3v) is 9.11. The predicted molar refractivity (Wildman–Crippen MR) is 223 cm³/mol. The molecule has 0 saturated heterocycles. The lowest BCUT2D eigenvalue weighted by Gasteiger charge is -2.26. The van der Waals surface area contributed by atoms with Gasteiger partial charge in [0, 0.05) is 44.0 Å². The topological polar surface area (TPSA) is 266 Å². The van der Waals surface area contributed by atoms with Gasteiger partial charge in [-0.25, -0.2) is 4.79 Å². The van der Waals surface area contributed by atoms with Gasteiger partial charge < -0.3 is 61.6 Å². The average molecular weight is 929 g/mol. The SMILES string of the molecule is CC(=O)OCOC(=O)CN(CC(=O)OCOC(C)=O)c1ccc(C)cc1OCCOc1cc2cc(-c3cccs3)c(=O)oc2cc1N(CC(=O)OCOC(C)=O)CC(=O)OCOC(C)=O. The van der Waals surface area contributed by atoms with Crippen LogP contribution in [0.2, 0.25) is 0 Å². The van der Waals surface area contributed by atoms with E-state index in [2.05, 4.69) is 9.47 Å². The number of carbonyl (C=O) groups is 8. The molecule has 0 unspecified atom stereocenters. The van der Waals surface area contributed by atoms with E-state index in [-0.39, 0.29) is 47.2 Å². The molecule has 0 spiro atoms. The second kappa shape index (κ2) is 24.8. The summed E-state index contributed by atoms with van der Waals surface area (Å²) in [5.74, 6) is -6.39. The Labute approximate surface area is 373 Å². The van der Waals surface area contributed by atoms with Crippen LogP contribution in [-0.4, -0.2) is 114 Å². The molecule has 0 radical (unpaired) electrons. The number of fused-ring (bicyclic) bond motifs is 1. The molecular weight excluding hydrogens is 885 g/mol. The molecule has 0 aliphatic heterocycles. The number of esters is 8. The summed E-state index contributed by atoms with van der Waals surface area (Å²) in [6, 6.07) is 12.8. The molecule has 2 aromatic heterocycles. The van der Waals surface area contributed by atoms with Crippen LogP contribution in [0, 0.1) is 6.92 Å². The maximum atomic E-state index is 13.2. The molecule has 2 heterocycles. The normalized spacial score (nSPS) is 10.5. The summed E-state index contributed by atoms with van der Waals surface area (Å²) < 4.78 is 56.8. The summed E-state index contributed by atoms with van der Waals surface area (Å²) in [5, 5.41) is 2.16. The second-order valence-corrected chi connectivity index (χ2v) is 14.2. The standard InChI is InChI=1S/C42H44N2O20S/c1-25-8-9-32(43(17-38(49)60-21-56-26(2)45)18-39(50)61-22-57-27(3)46)35(13-25)54-10-11-55-36-15-30-14-31(37-7-6-12-65-37)42(53)64-34(30)16-33(36)44(19-40(51)62-23-58-28(4)47)20-41(52)63-24-59-29(5)48/h6-9,12-16H,10-11,17-24H2,1-5H3. The lowest BCUT2D eigenvalue weighted by molar-refractivity contribution is -0.167. The number of carbonyl (C=O) groups excluding carboxylic acids is 8. The van der Waals surface area contributed by atoms with Crippen LogP contribution in [0.4, 0.5) is 11.4 Å². The fraction of sp³-hybridized carbons (Fsp3) is 0.357. The summed E-state index contributed by atoms with van der Waals surface area (Å²) >= 11 is 1.30. The zero-order chi connectivity index (χ0) is 47.5. The molecule has 348 valence electrons. The van der Waals surface area contributed by atoms with Crippen LogP contribution < -0.4 is 24.9 Å². The van der Waals surface area contributed by atoms with Gasteiger partial charge in [-0.05, 0) is 48.2 Å². The van der Waals surface area contributed by atoms with Crippen LogP contribution in [0.25, 0.3) is 21.4 Å². The molecule has 0 saturated carbocycles. The van der Waals surface area contributed by atoms with Crippen molar-refractivity contribution in [2.75, 3.05) is 76.4 Å². The van der Waals surface area contributed by atoms with Crippen molar-refractivity contribution in [2.24, 2.45) is 0 Å². The molecule has 22 nitrogen and oxygen atoms in total. The predicted octanol–water partition coefficient (Wildman–Crippen LogP) is 3.16.